The van der Waals surface area contributed by atoms with Gasteiger partial charge in [-0.25, -0.2) is 0 Å². The molecule has 1 atom stereocenters. The number of carbonyl (C=O) groups is 2. The van der Waals surface area contributed by atoms with Crippen molar-refractivity contribution >= 4 is 11.9 Å². The minimum absolute atomic E-state index is 0.0103. The van der Waals surface area contributed by atoms with Gasteiger partial charge in [-0.2, -0.15) is 0 Å². The van der Waals surface area contributed by atoms with Gasteiger partial charge in [-0.3, -0.25) is 9.59 Å². The van der Waals surface area contributed by atoms with E-state index in [1.807, 2.05) is 27.8 Å². The van der Waals surface area contributed by atoms with Gasteiger partial charge in [0, 0.05) is 26.1 Å². The van der Waals surface area contributed by atoms with Gasteiger partial charge in [0.05, 0.1) is 6.42 Å². The summed E-state index contributed by atoms with van der Waals surface area (Å²) in [5.74, 6) is -0.298. The van der Waals surface area contributed by atoms with E-state index < -0.39 is 5.60 Å². The predicted octanol–water partition coefficient (Wildman–Crippen LogP) is 1.66. The van der Waals surface area contributed by atoms with Crippen LogP contribution in [0.3, 0.4) is 0 Å². The van der Waals surface area contributed by atoms with E-state index in [0.29, 0.717) is 6.04 Å². The summed E-state index contributed by atoms with van der Waals surface area (Å²) in [6.45, 7) is 7.33. The molecule has 1 amide bonds. The summed E-state index contributed by atoms with van der Waals surface area (Å²) in [5.41, 5.74) is -0.488. The summed E-state index contributed by atoms with van der Waals surface area (Å²) in [6.07, 6.45) is 2.71. The van der Waals surface area contributed by atoms with Crippen molar-refractivity contribution in [2.75, 3.05) is 27.2 Å². The van der Waals surface area contributed by atoms with Gasteiger partial charge in [0.2, 0.25) is 5.91 Å². The van der Waals surface area contributed by atoms with E-state index in [0.717, 1.165) is 19.5 Å². The fourth-order valence-corrected chi connectivity index (χ4v) is 2.42. The van der Waals surface area contributed by atoms with E-state index >= 15 is 0 Å². The molecule has 1 unspecified atom stereocenters. The first-order valence-corrected chi connectivity index (χ1v) is 7.35. The zero-order valence-corrected chi connectivity index (χ0v) is 13.4. The van der Waals surface area contributed by atoms with Crippen LogP contribution in [0, 0.1) is 0 Å². The number of esters is 1. The molecule has 5 nitrogen and oxygen atoms in total. The van der Waals surface area contributed by atoms with Gasteiger partial charge in [0.15, 0.2) is 0 Å². The van der Waals surface area contributed by atoms with Crippen molar-refractivity contribution < 1.29 is 14.3 Å². The highest BCUT2D eigenvalue weighted by atomic mass is 16.6. The maximum atomic E-state index is 12.0. The van der Waals surface area contributed by atoms with Crippen LogP contribution >= 0.6 is 0 Å². The Labute approximate surface area is 122 Å². The van der Waals surface area contributed by atoms with Gasteiger partial charge in [-0.1, -0.05) is 0 Å². The molecule has 1 aliphatic heterocycles. The van der Waals surface area contributed by atoms with Crippen LogP contribution in [0.15, 0.2) is 0 Å². The molecule has 1 heterocycles. The third kappa shape index (κ3) is 5.90. The van der Waals surface area contributed by atoms with Crippen LogP contribution in [0.4, 0.5) is 0 Å². The molecule has 1 saturated heterocycles. The molecule has 0 aromatic heterocycles. The highest BCUT2D eigenvalue weighted by Crippen LogP contribution is 2.16. The molecule has 0 aliphatic carbocycles. The zero-order chi connectivity index (χ0) is 15.3. The summed E-state index contributed by atoms with van der Waals surface area (Å²) < 4.78 is 5.20. The lowest BCUT2D eigenvalue weighted by Crippen LogP contribution is -2.39. The van der Waals surface area contributed by atoms with Crippen LogP contribution in [0.1, 0.15) is 46.5 Å². The monoisotopic (exact) mass is 284 g/mol. The van der Waals surface area contributed by atoms with Crippen LogP contribution < -0.4 is 0 Å². The second kappa shape index (κ2) is 7.07. The molecule has 1 fully saturated rings. The summed E-state index contributed by atoms with van der Waals surface area (Å²) in [4.78, 5) is 27.6. The Balaban J connectivity index is 2.29. The van der Waals surface area contributed by atoms with Gasteiger partial charge in [0.25, 0.3) is 0 Å². The fraction of sp³-hybridized carbons (Fsp3) is 0.867. The lowest BCUT2D eigenvalue weighted by molar-refractivity contribution is -0.156. The number of amides is 1. The zero-order valence-electron chi connectivity index (χ0n) is 13.4. The van der Waals surface area contributed by atoms with Gasteiger partial charge >= 0.3 is 5.97 Å². The second-order valence-electron chi connectivity index (χ2n) is 6.64. The number of carbonyl (C=O) groups excluding carboxylic acids is 2. The Kier molecular flexibility index (Phi) is 5.99. The molecule has 0 radical (unpaired) electrons. The molecule has 5 heteroatoms. The number of hydrogen-bond acceptors (Lipinski definition) is 4. The normalized spacial score (nSPS) is 19.9. The van der Waals surface area contributed by atoms with Crippen molar-refractivity contribution in [2.24, 2.45) is 0 Å². The molecule has 116 valence electrons. The summed E-state index contributed by atoms with van der Waals surface area (Å²) in [5, 5.41) is 0. The van der Waals surface area contributed by atoms with Crippen LogP contribution in [-0.4, -0.2) is 60.5 Å². The van der Waals surface area contributed by atoms with E-state index in [4.69, 9.17) is 4.74 Å². The third-order valence-electron chi connectivity index (χ3n) is 3.54. The van der Waals surface area contributed by atoms with Crippen molar-refractivity contribution in [1.29, 1.82) is 0 Å². The third-order valence-corrected chi connectivity index (χ3v) is 3.54. The molecule has 0 bridgehead atoms. The Morgan fingerprint density at radius 3 is 2.45 bits per heavy atom. The molecule has 0 aromatic carbocycles. The second-order valence-corrected chi connectivity index (χ2v) is 6.64. The van der Waals surface area contributed by atoms with Gasteiger partial charge in [0.1, 0.15) is 5.60 Å². The maximum Gasteiger partial charge on any atom is 0.306 e. The van der Waals surface area contributed by atoms with E-state index in [1.165, 1.54) is 6.42 Å². The number of nitrogens with zero attached hydrogens (tertiary/aromatic N) is 2. The molecular formula is C15H28N2O3. The van der Waals surface area contributed by atoms with Crippen molar-refractivity contribution in [3.8, 4) is 0 Å². The van der Waals surface area contributed by atoms with Gasteiger partial charge < -0.3 is 14.5 Å². The highest BCUT2D eigenvalue weighted by Gasteiger charge is 2.24. The van der Waals surface area contributed by atoms with Crippen LogP contribution in [0.5, 0.6) is 0 Å². The first kappa shape index (κ1) is 17.0. The van der Waals surface area contributed by atoms with E-state index in [2.05, 4.69) is 11.9 Å². The largest absolute Gasteiger partial charge is 0.460 e. The van der Waals surface area contributed by atoms with Gasteiger partial charge in [-0.15, -0.1) is 0 Å². The average molecular weight is 284 g/mol. The highest BCUT2D eigenvalue weighted by molar-refractivity contribution is 5.81. The summed E-state index contributed by atoms with van der Waals surface area (Å²) >= 11 is 0. The number of likely N-dealkylation sites (tertiary alicyclic amines) is 1. The fourth-order valence-electron chi connectivity index (χ4n) is 2.42. The first-order valence-electron chi connectivity index (χ1n) is 7.35. The lowest BCUT2D eigenvalue weighted by Gasteiger charge is -2.26. The standard InChI is InChI=1S/C15H28N2O3/c1-15(2,3)20-14(19)9-8-13(18)17(5)11-12-7-6-10-16(12)4/h12H,6-11H2,1-5H3. The molecular weight excluding hydrogens is 256 g/mol. The molecule has 0 aromatic rings. The summed E-state index contributed by atoms with van der Waals surface area (Å²) in [7, 11) is 3.90. The Morgan fingerprint density at radius 2 is 1.95 bits per heavy atom. The van der Waals surface area contributed by atoms with E-state index in [-0.39, 0.29) is 24.7 Å². The predicted molar refractivity (Wildman–Crippen MR) is 78.4 cm³/mol. The minimum atomic E-state index is -0.488. The van der Waals surface area contributed by atoms with Crippen LogP contribution in [0.2, 0.25) is 0 Å². The molecule has 0 N–H and O–H groups in total. The Hall–Kier alpha value is -1.10. The average Bonchev–Trinajstić information content (AvgIpc) is 2.69. The smallest absolute Gasteiger partial charge is 0.306 e. The topological polar surface area (TPSA) is 49.9 Å². The van der Waals surface area contributed by atoms with E-state index in [9.17, 15) is 9.59 Å². The van der Waals surface area contributed by atoms with Crippen molar-refractivity contribution in [3.63, 3.8) is 0 Å². The van der Waals surface area contributed by atoms with Crippen molar-refractivity contribution in [1.82, 2.24) is 9.80 Å². The van der Waals surface area contributed by atoms with Crippen molar-refractivity contribution in [3.05, 3.63) is 0 Å². The number of hydrogen-bond donors (Lipinski definition) is 0. The number of likely N-dealkylation sites (N-methyl/N-ethyl adjacent to an activating group) is 2. The molecule has 1 aliphatic rings. The lowest BCUT2D eigenvalue weighted by atomic mass is 10.2. The summed E-state index contributed by atoms with van der Waals surface area (Å²) in [6, 6.07) is 0.450. The van der Waals surface area contributed by atoms with E-state index in [1.54, 1.807) is 4.90 Å². The SMILES string of the molecule is CN(CC1CCCN1C)C(=O)CCC(=O)OC(C)(C)C. The van der Waals surface area contributed by atoms with Crippen molar-refractivity contribution in [2.45, 2.75) is 58.1 Å². The maximum absolute atomic E-state index is 12.0. The molecule has 20 heavy (non-hydrogen) atoms. The Bertz CT molecular complexity index is 350. The minimum Gasteiger partial charge on any atom is -0.460 e. The molecule has 0 spiro atoms. The molecule has 1 rings (SSSR count). The molecule has 0 saturated carbocycles. The van der Waals surface area contributed by atoms with Gasteiger partial charge in [-0.05, 0) is 47.2 Å². The van der Waals surface area contributed by atoms with Crippen LogP contribution in [-0.2, 0) is 14.3 Å². The number of rotatable bonds is 5. The Morgan fingerprint density at radius 1 is 1.30 bits per heavy atom. The van der Waals surface area contributed by atoms with Crippen LogP contribution in [0.25, 0.3) is 0 Å². The number of ether oxygens (including phenoxy) is 1. The first-order chi connectivity index (χ1) is 9.19. The quantitative estimate of drug-likeness (QED) is 0.721.